The van der Waals surface area contributed by atoms with Gasteiger partial charge in [0.25, 0.3) is 0 Å². The number of guanidine groups is 1. The first-order valence-corrected chi connectivity index (χ1v) is 14.7. The highest BCUT2D eigenvalue weighted by Crippen LogP contribution is 2.35. The van der Waals surface area contributed by atoms with Gasteiger partial charge in [0.05, 0.1) is 11.4 Å². The zero-order valence-corrected chi connectivity index (χ0v) is 24.7. The van der Waals surface area contributed by atoms with Crippen LogP contribution >= 0.6 is 0 Å². The lowest BCUT2D eigenvalue weighted by Crippen LogP contribution is -2.32. The van der Waals surface area contributed by atoms with Crippen molar-refractivity contribution in [3.05, 3.63) is 76.1 Å². The van der Waals surface area contributed by atoms with Crippen LogP contribution in [0.25, 0.3) is 28.0 Å². The van der Waals surface area contributed by atoms with Crippen molar-refractivity contribution in [3.8, 4) is 22.7 Å². The number of nitrogens with two attached hydrogens (primary N) is 2. The van der Waals surface area contributed by atoms with Crippen LogP contribution < -0.4 is 32.5 Å². The van der Waals surface area contributed by atoms with Crippen molar-refractivity contribution in [1.29, 1.82) is 5.41 Å². The van der Waals surface area contributed by atoms with Gasteiger partial charge in [0.1, 0.15) is 5.65 Å². The number of hydrogen-bond donors (Lipinski definition) is 6. The van der Waals surface area contributed by atoms with Crippen LogP contribution in [0.4, 0.5) is 17.6 Å². The van der Waals surface area contributed by atoms with Gasteiger partial charge < -0.3 is 31.8 Å². The van der Waals surface area contributed by atoms with Crippen molar-refractivity contribution in [2.24, 2.45) is 17.4 Å². The van der Waals surface area contributed by atoms with Crippen LogP contribution in [0.2, 0.25) is 0 Å². The number of nitrogens with zero attached hydrogens (tertiary/aromatic N) is 2. The first-order valence-electron chi connectivity index (χ1n) is 14.7. The summed E-state index contributed by atoms with van der Waals surface area (Å²) >= 11 is 0. The Balaban J connectivity index is 1.39. The molecule has 3 atom stereocenters. The minimum absolute atomic E-state index is 0.0401. The number of alkyl halides is 3. The van der Waals surface area contributed by atoms with Gasteiger partial charge in [-0.2, -0.15) is 4.98 Å². The molecule has 0 spiro atoms. The lowest BCUT2D eigenvalue weighted by atomic mass is 9.97. The number of rotatable bonds is 11. The number of nitrogens with one attached hydrogen (secondary N) is 4. The Morgan fingerprint density at radius 2 is 2.00 bits per heavy atom. The summed E-state index contributed by atoms with van der Waals surface area (Å²) in [4.78, 5) is 20.0. The monoisotopic (exact) mass is 628 g/mol. The summed E-state index contributed by atoms with van der Waals surface area (Å²) in [7, 11) is 0. The maximum absolute atomic E-state index is 15.4. The topological polar surface area (TPSA) is 160 Å². The molecule has 1 aliphatic heterocycles. The van der Waals surface area contributed by atoms with Crippen molar-refractivity contribution in [2.75, 3.05) is 13.1 Å². The van der Waals surface area contributed by atoms with E-state index in [1.165, 1.54) is 16.7 Å². The van der Waals surface area contributed by atoms with Gasteiger partial charge in [0.2, 0.25) is 0 Å². The fourth-order valence-electron chi connectivity index (χ4n) is 5.71. The number of halogens is 4. The molecule has 0 saturated carbocycles. The second-order valence-electron chi connectivity index (χ2n) is 11.5. The number of hydrogen-bond acceptors (Lipinski definition) is 6. The molecule has 14 heteroatoms. The highest BCUT2D eigenvalue weighted by atomic mass is 19.4. The Hall–Kier alpha value is -4.43. The van der Waals surface area contributed by atoms with Gasteiger partial charge in [-0.3, -0.25) is 9.98 Å². The van der Waals surface area contributed by atoms with Crippen molar-refractivity contribution in [3.63, 3.8) is 0 Å². The van der Waals surface area contributed by atoms with Gasteiger partial charge in [0, 0.05) is 35.8 Å². The third-order valence-electron chi connectivity index (χ3n) is 7.91. The quantitative estimate of drug-likeness (QED) is 0.0804. The zero-order valence-electron chi connectivity index (χ0n) is 24.7. The summed E-state index contributed by atoms with van der Waals surface area (Å²) in [5, 5.41) is 14.1. The number of H-pyrrole nitrogens is 1. The van der Waals surface area contributed by atoms with Crippen LogP contribution in [0.3, 0.4) is 0 Å². The second kappa shape index (κ2) is 13.3. The van der Waals surface area contributed by atoms with Gasteiger partial charge in [-0.15, -0.1) is 13.2 Å². The van der Waals surface area contributed by atoms with Gasteiger partial charge in [0.15, 0.2) is 17.5 Å². The molecule has 1 unspecified atom stereocenters. The second-order valence-corrected chi connectivity index (χ2v) is 11.5. The SMILES string of the molecule is C[C@H](N)CCCc1cc(OC(F)(F)F)c(F)c(-c2cc3cn(-c4ccc([C@H]5CC(CCNC(=N)N)CN5)cc4)c(=O)nc3[nH]2)c1. The molecule has 3 heterocycles. The molecule has 0 bridgehead atoms. The lowest BCUT2D eigenvalue weighted by Gasteiger charge is -2.14. The smallest absolute Gasteiger partial charge is 0.403 e. The van der Waals surface area contributed by atoms with E-state index in [-0.39, 0.29) is 34.9 Å². The fraction of sp³-hybridized carbons (Fsp3) is 0.387. The molecular weight excluding hydrogens is 592 g/mol. The number of fused-ring (bicyclic) bond motifs is 1. The molecule has 0 aliphatic carbocycles. The summed E-state index contributed by atoms with van der Waals surface area (Å²) in [5.74, 6) is -1.71. The number of aromatic amines is 1. The number of benzene rings is 2. The molecule has 1 fully saturated rings. The minimum atomic E-state index is -5.08. The van der Waals surface area contributed by atoms with Crippen LogP contribution in [0.1, 0.15) is 49.8 Å². The summed E-state index contributed by atoms with van der Waals surface area (Å²) in [5.41, 5.74) is 12.9. The standard InChI is InChI=1S/C31H36F4N8O2/c1-17(36)3-2-4-18-11-23(27(32)26(13-18)45-31(33,34)35)25-14-21-16-43(30(44)42-28(21)41-25)22-7-5-20(6-8-22)24-12-19(15-40-24)9-10-39-29(37)38/h5-8,11,13-14,16-17,19,24,40H,2-4,9-10,12,15,36H2,1H3,(H4,37,38,39)(H,41,42,44)/t17-,19?,24+/m0/s1. The Morgan fingerprint density at radius 3 is 2.69 bits per heavy atom. The Kier molecular flexibility index (Phi) is 9.44. The maximum atomic E-state index is 15.4. The Labute approximate surface area is 256 Å². The molecule has 0 amide bonds. The summed E-state index contributed by atoms with van der Waals surface area (Å²) in [6.07, 6.45) is -0.0939. The van der Waals surface area contributed by atoms with Gasteiger partial charge >= 0.3 is 12.1 Å². The molecule has 2 aromatic heterocycles. The van der Waals surface area contributed by atoms with Crippen LogP contribution in [0.15, 0.2) is 53.5 Å². The van der Waals surface area contributed by atoms with Crippen molar-refractivity contribution < 1.29 is 22.3 Å². The van der Waals surface area contributed by atoms with E-state index in [4.69, 9.17) is 16.9 Å². The molecule has 240 valence electrons. The minimum Gasteiger partial charge on any atom is -0.403 e. The van der Waals surface area contributed by atoms with Crippen LogP contribution in [-0.2, 0) is 6.42 Å². The maximum Gasteiger partial charge on any atom is 0.573 e. The van der Waals surface area contributed by atoms with E-state index in [1.54, 1.807) is 6.20 Å². The largest absolute Gasteiger partial charge is 0.573 e. The molecule has 4 aromatic rings. The third-order valence-corrected chi connectivity index (χ3v) is 7.91. The lowest BCUT2D eigenvalue weighted by molar-refractivity contribution is -0.275. The van der Waals surface area contributed by atoms with Crippen LogP contribution in [-0.4, -0.2) is 46.0 Å². The van der Waals surface area contributed by atoms with Gasteiger partial charge in [-0.25, -0.2) is 9.18 Å². The fourth-order valence-corrected chi connectivity index (χ4v) is 5.71. The van der Waals surface area contributed by atoms with Crippen molar-refractivity contribution in [1.82, 2.24) is 25.2 Å². The van der Waals surface area contributed by atoms with E-state index in [2.05, 4.69) is 25.3 Å². The van der Waals surface area contributed by atoms with Crippen molar-refractivity contribution >= 4 is 17.0 Å². The highest BCUT2D eigenvalue weighted by molar-refractivity contribution is 5.83. The molecule has 8 N–H and O–H groups in total. The average molecular weight is 629 g/mol. The molecule has 45 heavy (non-hydrogen) atoms. The van der Waals surface area contributed by atoms with Crippen LogP contribution in [0.5, 0.6) is 5.75 Å². The van der Waals surface area contributed by atoms with Crippen molar-refractivity contribution in [2.45, 2.75) is 57.5 Å². The molecule has 10 nitrogen and oxygen atoms in total. The van der Waals surface area contributed by atoms with E-state index in [0.29, 0.717) is 48.4 Å². The van der Waals surface area contributed by atoms with Gasteiger partial charge in [-0.05, 0) is 92.9 Å². The first-order chi connectivity index (χ1) is 21.4. The summed E-state index contributed by atoms with van der Waals surface area (Å²) < 4.78 is 60.0. The molecule has 1 aliphatic rings. The number of ether oxygens (including phenoxy) is 1. The van der Waals surface area contributed by atoms with E-state index in [9.17, 15) is 18.0 Å². The van der Waals surface area contributed by atoms with E-state index < -0.39 is 23.6 Å². The average Bonchev–Trinajstić information content (AvgIpc) is 3.60. The highest BCUT2D eigenvalue weighted by Gasteiger charge is 2.33. The predicted octanol–water partition coefficient (Wildman–Crippen LogP) is 4.61. The third kappa shape index (κ3) is 8.00. The van der Waals surface area contributed by atoms with Gasteiger partial charge in [-0.1, -0.05) is 12.1 Å². The predicted molar refractivity (Wildman–Crippen MR) is 164 cm³/mol. The summed E-state index contributed by atoms with van der Waals surface area (Å²) in [6.45, 7) is 3.32. The molecule has 2 aromatic carbocycles. The van der Waals surface area contributed by atoms with Crippen LogP contribution in [0, 0.1) is 17.1 Å². The zero-order chi connectivity index (χ0) is 32.3. The van der Waals surface area contributed by atoms with E-state index in [0.717, 1.165) is 31.0 Å². The number of aryl methyl sites for hydroxylation is 1. The number of aromatic nitrogens is 3. The molecular formula is C31H36F4N8O2. The first kappa shape index (κ1) is 32.0. The molecule has 5 rings (SSSR count). The van der Waals surface area contributed by atoms with E-state index in [1.807, 2.05) is 31.2 Å². The molecule has 1 saturated heterocycles. The summed E-state index contributed by atoms with van der Waals surface area (Å²) in [6, 6.07) is 11.6. The Bertz CT molecular complexity index is 1720. The Morgan fingerprint density at radius 1 is 1.24 bits per heavy atom. The molecule has 0 radical (unpaired) electrons. The van der Waals surface area contributed by atoms with E-state index >= 15 is 4.39 Å². The normalized spacial score (nSPS) is 17.5.